The first-order chi connectivity index (χ1) is 14.2. The number of carbonyl (C=O) groups is 1. The smallest absolute Gasteiger partial charge is 0.225 e. The van der Waals surface area contributed by atoms with Gasteiger partial charge in [0.2, 0.25) is 5.91 Å². The van der Waals surface area contributed by atoms with Crippen LogP contribution in [0.5, 0.6) is 11.5 Å². The summed E-state index contributed by atoms with van der Waals surface area (Å²) in [7, 11) is 3.28. The van der Waals surface area contributed by atoms with Gasteiger partial charge < -0.3 is 18.9 Å². The minimum absolute atomic E-state index is 0.00880. The standard InChI is InChI=1S/C24H26N2O3/c1-28-22-14-19-10-13-26(17-20(19)15-23(22)29-2)24(27)16-21(25-11-6-7-12-25)18-8-4-3-5-9-18/h3-9,11-12,14-15,21H,10,13,16-17H2,1-2H3. The van der Waals surface area contributed by atoms with E-state index in [1.54, 1.807) is 14.2 Å². The minimum atomic E-state index is -0.00880. The van der Waals surface area contributed by atoms with Crippen LogP contribution in [-0.4, -0.2) is 36.1 Å². The Morgan fingerprint density at radius 2 is 1.62 bits per heavy atom. The third-order valence-electron chi connectivity index (χ3n) is 5.61. The van der Waals surface area contributed by atoms with Crippen LogP contribution in [-0.2, 0) is 17.8 Å². The Labute approximate surface area is 171 Å². The molecule has 1 aromatic heterocycles. The number of rotatable bonds is 6. The topological polar surface area (TPSA) is 43.7 Å². The zero-order valence-corrected chi connectivity index (χ0v) is 16.9. The zero-order valence-electron chi connectivity index (χ0n) is 16.9. The summed E-state index contributed by atoms with van der Waals surface area (Å²) in [4.78, 5) is 15.2. The first kappa shape index (κ1) is 19.1. The lowest BCUT2D eigenvalue weighted by atomic mass is 9.97. The third kappa shape index (κ3) is 3.99. The van der Waals surface area contributed by atoms with Crippen molar-refractivity contribution >= 4 is 5.91 Å². The summed E-state index contributed by atoms with van der Waals surface area (Å²) in [5, 5.41) is 0. The van der Waals surface area contributed by atoms with Gasteiger partial charge in [0.25, 0.3) is 0 Å². The van der Waals surface area contributed by atoms with Gasteiger partial charge in [0.1, 0.15) is 0 Å². The number of hydrogen-bond acceptors (Lipinski definition) is 3. The van der Waals surface area contributed by atoms with E-state index in [0.29, 0.717) is 25.3 Å². The van der Waals surface area contributed by atoms with Crippen LogP contribution >= 0.6 is 0 Å². The number of methoxy groups -OCH3 is 2. The lowest BCUT2D eigenvalue weighted by Crippen LogP contribution is -2.37. The van der Waals surface area contributed by atoms with Gasteiger partial charge in [-0.05, 0) is 47.4 Å². The van der Waals surface area contributed by atoms with Crippen molar-refractivity contribution in [2.24, 2.45) is 0 Å². The summed E-state index contributed by atoms with van der Waals surface area (Å²) in [5.74, 6) is 1.60. The molecule has 2 heterocycles. The fourth-order valence-corrected chi connectivity index (χ4v) is 4.02. The summed E-state index contributed by atoms with van der Waals surface area (Å²) < 4.78 is 13.0. The maximum Gasteiger partial charge on any atom is 0.225 e. The molecule has 150 valence electrons. The first-order valence-electron chi connectivity index (χ1n) is 9.88. The first-order valence-corrected chi connectivity index (χ1v) is 9.88. The number of fused-ring (bicyclic) bond motifs is 1. The van der Waals surface area contributed by atoms with E-state index in [-0.39, 0.29) is 11.9 Å². The van der Waals surface area contributed by atoms with Crippen molar-refractivity contribution in [3.05, 3.63) is 83.7 Å². The molecule has 0 saturated carbocycles. The molecule has 0 spiro atoms. The van der Waals surface area contributed by atoms with Gasteiger partial charge >= 0.3 is 0 Å². The van der Waals surface area contributed by atoms with Gasteiger partial charge in [0, 0.05) is 25.5 Å². The normalized spacial score (nSPS) is 14.2. The van der Waals surface area contributed by atoms with Gasteiger partial charge in [-0.15, -0.1) is 0 Å². The Morgan fingerprint density at radius 1 is 0.966 bits per heavy atom. The van der Waals surface area contributed by atoms with Crippen molar-refractivity contribution in [3.8, 4) is 11.5 Å². The van der Waals surface area contributed by atoms with Crippen LogP contribution in [0.25, 0.3) is 0 Å². The molecule has 29 heavy (non-hydrogen) atoms. The van der Waals surface area contributed by atoms with Gasteiger partial charge in [-0.2, -0.15) is 0 Å². The average Bonchev–Trinajstić information content (AvgIpc) is 3.31. The van der Waals surface area contributed by atoms with Gasteiger partial charge in [-0.1, -0.05) is 30.3 Å². The molecule has 5 heteroatoms. The molecule has 0 saturated heterocycles. The minimum Gasteiger partial charge on any atom is -0.493 e. The Bertz CT molecular complexity index is 967. The quantitative estimate of drug-likeness (QED) is 0.637. The van der Waals surface area contributed by atoms with E-state index in [4.69, 9.17) is 9.47 Å². The van der Waals surface area contributed by atoms with Crippen LogP contribution in [0.4, 0.5) is 0 Å². The molecular formula is C24H26N2O3. The molecule has 1 amide bonds. The second-order valence-corrected chi connectivity index (χ2v) is 7.30. The van der Waals surface area contributed by atoms with E-state index in [0.717, 1.165) is 23.3 Å². The van der Waals surface area contributed by atoms with E-state index in [2.05, 4.69) is 16.7 Å². The van der Waals surface area contributed by atoms with Crippen LogP contribution in [0.3, 0.4) is 0 Å². The molecule has 4 rings (SSSR count). The second kappa shape index (κ2) is 8.43. The van der Waals surface area contributed by atoms with Crippen molar-refractivity contribution in [1.82, 2.24) is 9.47 Å². The molecule has 0 N–H and O–H groups in total. The van der Waals surface area contributed by atoms with Crippen molar-refractivity contribution < 1.29 is 14.3 Å². The Morgan fingerprint density at radius 3 is 2.28 bits per heavy atom. The van der Waals surface area contributed by atoms with Gasteiger partial charge in [-0.25, -0.2) is 0 Å². The summed E-state index contributed by atoms with van der Waals surface area (Å²) in [6, 6.07) is 18.2. The van der Waals surface area contributed by atoms with Crippen LogP contribution < -0.4 is 9.47 Å². The highest BCUT2D eigenvalue weighted by molar-refractivity contribution is 5.77. The van der Waals surface area contributed by atoms with Gasteiger partial charge in [0.15, 0.2) is 11.5 Å². The molecule has 0 fully saturated rings. The molecule has 1 unspecified atom stereocenters. The molecule has 1 aliphatic rings. The van der Waals surface area contributed by atoms with E-state index >= 15 is 0 Å². The largest absolute Gasteiger partial charge is 0.493 e. The molecule has 0 aliphatic carbocycles. The predicted octanol–water partition coefficient (Wildman–Crippen LogP) is 4.07. The zero-order chi connectivity index (χ0) is 20.2. The van der Waals surface area contributed by atoms with Crippen molar-refractivity contribution in [3.63, 3.8) is 0 Å². The van der Waals surface area contributed by atoms with E-state index in [1.807, 2.05) is 59.8 Å². The molecule has 0 bridgehead atoms. The molecule has 1 atom stereocenters. The molecular weight excluding hydrogens is 364 g/mol. The number of aromatic nitrogens is 1. The fraction of sp³-hybridized carbons (Fsp3) is 0.292. The van der Waals surface area contributed by atoms with E-state index in [9.17, 15) is 4.79 Å². The molecule has 2 aromatic carbocycles. The third-order valence-corrected chi connectivity index (χ3v) is 5.61. The molecule has 3 aromatic rings. The number of hydrogen-bond donors (Lipinski definition) is 0. The number of carbonyl (C=O) groups excluding carboxylic acids is 1. The highest BCUT2D eigenvalue weighted by atomic mass is 16.5. The van der Waals surface area contributed by atoms with Crippen LogP contribution in [0.15, 0.2) is 67.0 Å². The number of benzene rings is 2. The van der Waals surface area contributed by atoms with Crippen LogP contribution in [0.2, 0.25) is 0 Å². The monoisotopic (exact) mass is 390 g/mol. The van der Waals surface area contributed by atoms with Crippen LogP contribution in [0.1, 0.15) is 29.2 Å². The summed E-state index contributed by atoms with van der Waals surface area (Å²) >= 11 is 0. The highest BCUT2D eigenvalue weighted by Gasteiger charge is 2.26. The van der Waals surface area contributed by atoms with E-state index < -0.39 is 0 Å². The summed E-state index contributed by atoms with van der Waals surface area (Å²) in [6.45, 7) is 1.32. The SMILES string of the molecule is COc1cc2c(cc1OC)CN(C(=O)CC(c1ccccc1)n1cccc1)CC2. The lowest BCUT2D eigenvalue weighted by Gasteiger charge is -2.31. The maximum absolute atomic E-state index is 13.2. The van der Waals surface area contributed by atoms with Gasteiger partial charge in [-0.3, -0.25) is 4.79 Å². The average molecular weight is 390 g/mol. The Hall–Kier alpha value is -3.21. The van der Waals surface area contributed by atoms with Crippen molar-refractivity contribution in [1.29, 1.82) is 0 Å². The number of amides is 1. The van der Waals surface area contributed by atoms with E-state index in [1.165, 1.54) is 5.56 Å². The second-order valence-electron chi connectivity index (χ2n) is 7.30. The molecule has 0 radical (unpaired) electrons. The summed E-state index contributed by atoms with van der Waals surface area (Å²) in [5.41, 5.74) is 3.48. The van der Waals surface area contributed by atoms with Crippen molar-refractivity contribution in [2.75, 3.05) is 20.8 Å². The van der Waals surface area contributed by atoms with Gasteiger partial charge in [0.05, 0.1) is 26.7 Å². The lowest BCUT2D eigenvalue weighted by molar-refractivity contribution is -0.132. The number of ether oxygens (including phenoxy) is 2. The highest BCUT2D eigenvalue weighted by Crippen LogP contribution is 2.34. The summed E-state index contributed by atoms with van der Waals surface area (Å²) in [6.07, 6.45) is 5.30. The Balaban J connectivity index is 1.54. The Kier molecular flexibility index (Phi) is 5.56. The molecule has 1 aliphatic heterocycles. The van der Waals surface area contributed by atoms with Crippen molar-refractivity contribution in [2.45, 2.75) is 25.4 Å². The van der Waals surface area contributed by atoms with Crippen LogP contribution in [0, 0.1) is 0 Å². The fourth-order valence-electron chi connectivity index (χ4n) is 4.02. The predicted molar refractivity (Wildman–Crippen MR) is 112 cm³/mol. The maximum atomic E-state index is 13.2. The molecule has 5 nitrogen and oxygen atoms in total. The number of nitrogens with zero attached hydrogens (tertiary/aromatic N) is 2.